The molecule has 0 radical (unpaired) electrons. The predicted octanol–water partition coefficient (Wildman–Crippen LogP) is 4.41. The lowest BCUT2D eigenvalue weighted by molar-refractivity contribution is 0.0690. The van der Waals surface area contributed by atoms with Crippen LogP contribution in [-0.4, -0.2) is 42.0 Å². The molecule has 4 nitrogen and oxygen atoms in total. The number of nitrogens with zero attached hydrogens (tertiary/aromatic N) is 3. The Morgan fingerprint density at radius 1 is 1.00 bits per heavy atom. The van der Waals surface area contributed by atoms with Crippen molar-refractivity contribution in [1.82, 2.24) is 9.88 Å². The van der Waals surface area contributed by atoms with E-state index in [1.54, 1.807) is 6.20 Å². The molecular formula is C24H31N3O. The SMILES string of the molecule is CC1CCN(c2cc(C(=O)N3CCC(Cc4ccccc4)CC3)ccn2)CC1. The molecule has 2 aromatic rings. The first kappa shape index (κ1) is 19.0. The lowest BCUT2D eigenvalue weighted by Gasteiger charge is -2.33. The molecule has 0 unspecified atom stereocenters. The van der Waals surface area contributed by atoms with Crippen LogP contribution < -0.4 is 4.90 Å². The van der Waals surface area contributed by atoms with Crippen molar-refractivity contribution in [2.24, 2.45) is 11.8 Å². The lowest BCUT2D eigenvalue weighted by atomic mass is 9.90. The second kappa shape index (κ2) is 8.76. The zero-order valence-electron chi connectivity index (χ0n) is 16.9. The molecule has 0 aliphatic carbocycles. The highest BCUT2D eigenvalue weighted by atomic mass is 16.2. The number of hydrogen-bond donors (Lipinski definition) is 0. The molecule has 0 spiro atoms. The van der Waals surface area contributed by atoms with Gasteiger partial charge in [-0.15, -0.1) is 0 Å². The summed E-state index contributed by atoms with van der Waals surface area (Å²) >= 11 is 0. The van der Waals surface area contributed by atoms with Crippen LogP contribution in [0.15, 0.2) is 48.7 Å². The second-order valence-electron chi connectivity index (χ2n) is 8.50. The average molecular weight is 378 g/mol. The van der Waals surface area contributed by atoms with Crippen LogP contribution in [0.2, 0.25) is 0 Å². The Hall–Kier alpha value is -2.36. The van der Waals surface area contributed by atoms with Gasteiger partial charge in [-0.2, -0.15) is 0 Å². The monoisotopic (exact) mass is 377 g/mol. The lowest BCUT2D eigenvalue weighted by Crippen LogP contribution is -2.39. The Kier molecular flexibility index (Phi) is 5.94. The number of benzene rings is 1. The molecular weight excluding hydrogens is 346 g/mol. The van der Waals surface area contributed by atoms with Gasteiger partial charge in [0.15, 0.2) is 0 Å². The van der Waals surface area contributed by atoms with Crippen molar-refractivity contribution >= 4 is 11.7 Å². The van der Waals surface area contributed by atoms with Crippen LogP contribution in [0.4, 0.5) is 5.82 Å². The van der Waals surface area contributed by atoms with Crippen LogP contribution in [0.3, 0.4) is 0 Å². The maximum atomic E-state index is 13.0. The number of carbonyl (C=O) groups excluding carboxylic acids is 1. The number of anilines is 1. The molecule has 2 saturated heterocycles. The Morgan fingerprint density at radius 3 is 2.43 bits per heavy atom. The third-order valence-corrected chi connectivity index (χ3v) is 6.37. The van der Waals surface area contributed by atoms with Gasteiger partial charge in [0.2, 0.25) is 0 Å². The highest BCUT2D eigenvalue weighted by Gasteiger charge is 2.25. The van der Waals surface area contributed by atoms with Crippen molar-refractivity contribution in [3.8, 4) is 0 Å². The van der Waals surface area contributed by atoms with Crippen molar-refractivity contribution in [1.29, 1.82) is 0 Å². The molecule has 2 fully saturated rings. The van der Waals surface area contributed by atoms with E-state index in [0.717, 1.165) is 62.7 Å². The second-order valence-corrected chi connectivity index (χ2v) is 8.50. The number of rotatable bonds is 4. The summed E-state index contributed by atoms with van der Waals surface area (Å²) in [5.74, 6) is 2.58. The van der Waals surface area contributed by atoms with E-state index in [-0.39, 0.29) is 5.91 Å². The Morgan fingerprint density at radius 2 is 1.71 bits per heavy atom. The molecule has 2 aliphatic heterocycles. The first-order valence-electron chi connectivity index (χ1n) is 10.7. The Balaban J connectivity index is 1.34. The molecule has 4 heteroatoms. The molecule has 1 aromatic heterocycles. The normalized spacial score (nSPS) is 19.0. The Bertz CT molecular complexity index is 775. The van der Waals surface area contributed by atoms with Gasteiger partial charge in [0.1, 0.15) is 5.82 Å². The van der Waals surface area contributed by atoms with Gasteiger partial charge in [0.25, 0.3) is 5.91 Å². The van der Waals surface area contributed by atoms with E-state index in [9.17, 15) is 4.79 Å². The average Bonchev–Trinajstić information content (AvgIpc) is 2.75. The molecule has 0 atom stereocenters. The molecule has 4 rings (SSSR count). The third-order valence-electron chi connectivity index (χ3n) is 6.37. The largest absolute Gasteiger partial charge is 0.357 e. The number of pyridine rings is 1. The van der Waals surface area contributed by atoms with E-state index in [4.69, 9.17) is 0 Å². The molecule has 3 heterocycles. The van der Waals surface area contributed by atoms with E-state index in [1.165, 1.54) is 18.4 Å². The molecule has 2 aliphatic rings. The zero-order chi connectivity index (χ0) is 19.3. The van der Waals surface area contributed by atoms with Gasteiger partial charge in [0.05, 0.1) is 0 Å². The highest BCUT2D eigenvalue weighted by molar-refractivity contribution is 5.94. The molecule has 1 amide bonds. The molecule has 148 valence electrons. The maximum Gasteiger partial charge on any atom is 0.254 e. The minimum Gasteiger partial charge on any atom is -0.357 e. The number of likely N-dealkylation sites (tertiary alicyclic amines) is 1. The fourth-order valence-corrected chi connectivity index (χ4v) is 4.43. The summed E-state index contributed by atoms with van der Waals surface area (Å²) < 4.78 is 0. The maximum absolute atomic E-state index is 13.0. The van der Waals surface area contributed by atoms with E-state index in [2.05, 4.69) is 47.1 Å². The number of carbonyl (C=O) groups is 1. The summed E-state index contributed by atoms with van der Waals surface area (Å²) in [4.78, 5) is 21.9. The zero-order valence-corrected chi connectivity index (χ0v) is 16.9. The van der Waals surface area contributed by atoms with Crippen molar-refractivity contribution < 1.29 is 4.79 Å². The van der Waals surface area contributed by atoms with Crippen molar-refractivity contribution in [3.05, 3.63) is 59.8 Å². The fourth-order valence-electron chi connectivity index (χ4n) is 4.43. The Labute approximate surface area is 168 Å². The van der Waals surface area contributed by atoms with Crippen LogP contribution in [0, 0.1) is 11.8 Å². The first-order chi connectivity index (χ1) is 13.7. The molecule has 1 aromatic carbocycles. The summed E-state index contributed by atoms with van der Waals surface area (Å²) in [6.07, 6.45) is 7.49. The van der Waals surface area contributed by atoms with Gasteiger partial charge in [-0.1, -0.05) is 37.3 Å². The van der Waals surface area contributed by atoms with E-state index >= 15 is 0 Å². The summed E-state index contributed by atoms with van der Waals surface area (Å²) in [6, 6.07) is 14.6. The molecule has 0 N–H and O–H groups in total. The first-order valence-corrected chi connectivity index (χ1v) is 10.7. The van der Waals surface area contributed by atoms with E-state index < -0.39 is 0 Å². The summed E-state index contributed by atoms with van der Waals surface area (Å²) in [5.41, 5.74) is 2.19. The van der Waals surface area contributed by atoms with Gasteiger partial charge < -0.3 is 9.80 Å². The van der Waals surface area contributed by atoms with Crippen LogP contribution in [0.1, 0.15) is 48.5 Å². The van der Waals surface area contributed by atoms with Crippen molar-refractivity contribution in [3.63, 3.8) is 0 Å². The predicted molar refractivity (Wildman–Crippen MR) is 114 cm³/mol. The van der Waals surface area contributed by atoms with Crippen LogP contribution in [0.25, 0.3) is 0 Å². The minimum absolute atomic E-state index is 0.159. The number of amides is 1. The number of aromatic nitrogens is 1. The number of hydrogen-bond acceptors (Lipinski definition) is 3. The summed E-state index contributed by atoms with van der Waals surface area (Å²) in [7, 11) is 0. The molecule has 0 bridgehead atoms. The van der Waals surface area contributed by atoms with E-state index in [0.29, 0.717) is 5.92 Å². The van der Waals surface area contributed by atoms with Crippen LogP contribution >= 0.6 is 0 Å². The van der Waals surface area contributed by atoms with E-state index in [1.807, 2.05) is 17.0 Å². The third kappa shape index (κ3) is 4.54. The summed E-state index contributed by atoms with van der Waals surface area (Å²) in [6.45, 7) is 6.10. The van der Waals surface area contributed by atoms with Crippen molar-refractivity contribution in [2.75, 3.05) is 31.1 Å². The van der Waals surface area contributed by atoms with Crippen LogP contribution in [-0.2, 0) is 6.42 Å². The molecule has 0 saturated carbocycles. The minimum atomic E-state index is 0.159. The van der Waals surface area contributed by atoms with Crippen LogP contribution in [0.5, 0.6) is 0 Å². The summed E-state index contributed by atoms with van der Waals surface area (Å²) in [5, 5.41) is 0. The fraction of sp³-hybridized carbons (Fsp3) is 0.500. The van der Waals surface area contributed by atoms with Gasteiger partial charge in [-0.25, -0.2) is 4.98 Å². The van der Waals surface area contributed by atoms with Crippen molar-refractivity contribution in [2.45, 2.75) is 39.0 Å². The van der Waals surface area contributed by atoms with Gasteiger partial charge >= 0.3 is 0 Å². The van der Waals surface area contributed by atoms with Gasteiger partial charge in [0, 0.05) is 37.9 Å². The topological polar surface area (TPSA) is 36.4 Å². The van der Waals surface area contributed by atoms with Gasteiger partial charge in [-0.05, 0) is 61.6 Å². The number of piperidine rings is 2. The quantitative estimate of drug-likeness (QED) is 0.792. The highest BCUT2D eigenvalue weighted by Crippen LogP contribution is 2.25. The standard InChI is InChI=1S/C24H31N3O/c1-19-8-13-26(14-9-19)23-18-22(7-12-25-23)24(28)27-15-10-21(11-16-27)17-20-5-3-2-4-6-20/h2-7,12,18-19,21H,8-11,13-17H2,1H3. The van der Waals surface area contributed by atoms with Gasteiger partial charge in [-0.3, -0.25) is 4.79 Å². The smallest absolute Gasteiger partial charge is 0.254 e. The molecule has 28 heavy (non-hydrogen) atoms.